The fraction of sp³-hybridized carbons (Fsp3) is 0.471. The van der Waals surface area contributed by atoms with E-state index in [9.17, 15) is 10.8 Å². The van der Waals surface area contributed by atoms with Crippen LogP contribution in [0, 0.1) is 22.5 Å². The Balaban J connectivity index is 1.28. The lowest BCUT2D eigenvalue weighted by molar-refractivity contribution is -0.122. The lowest BCUT2D eigenvalue weighted by atomic mass is 9.81. The first-order chi connectivity index (χ1) is 33.8. The van der Waals surface area contributed by atoms with E-state index in [0.29, 0.717) is 35.3 Å². The number of hydrazine groups is 2. The molecule has 4 aliphatic rings. The van der Waals surface area contributed by atoms with Crippen molar-refractivity contribution in [1.29, 1.82) is 10.8 Å². The van der Waals surface area contributed by atoms with Gasteiger partial charge >= 0.3 is 0 Å². The van der Waals surface area contributed by atoms with E-state index in [0.717, 1.165) is 22.5 Å². The van der Waals surface area contributed by atoms with Gasteiger partial charge in [-0.1, -0.05) is 12.1 Å². The molecule has 8 rings (SSSR count). The Hall–Kier alpha value is -6.09. The zero-order valence-corrected chi connectivity index (χ0v) is 41.9. The van der Waals surface area contributed by atoms with E-state index >= 15 is 13.6 Å². The molecule has 8 N–H and O–H groups in total. The van der Waals surface area contributed by atoms with Gasteiger partial charge in [-0.05, 0) is 115 Å². The van der Waals surface area contributed by atoms with Crippen LogP contribution in [0.15, 0.2) is 48.5 Å². The van der Waals surface area contributed by atoms with E-state index in [4.69, 9.17) is 18.9 Å². The Morgan fingerprint density at radius 2 is 0.971 bits per heavy atom. The van der Waals surface area contributed by atoms with Crippen LogP contribution in [0.4, 0.5) is 20.2 Å². The molecule has 0 saturated heterocycles. The zero-order chi connectivity index (χ0) is 50.2. The van der Waals surface area contributed by atoms with Gasteiger partial charge in [-0.3, -0.25) is 36.9 Å². The highest BCUT2D eigenvalue weighted by Crippen LogP contribution is 2.45. The van der Waals surface area contributed by atoms with Crippen molar-refractivity contribution < 1.29 is 32.5 Å². The molecule has 376 valence electrons. The molecule has 17 nitrogen and oxygen atoms in total. The number of carbonyl (C=O) groups is 1. The normalized spacial score (nSPS) is 17.1. The number of Topliss-reactive ketones (excluding diaryl/α,β-unsaturated/α-hetero) is 1. The maximum atomic E-state index is 16.6. The van der Waals surface area contributed by atoms with Gasteiger partial charge < -0.3 is 38.8 Å². The number of benzene rings is 4. The molecule has 0 bridgehead atoms. The molecule has 2 atom stereocenters. The first-order valence-corrected chi connectivity index (χ1v) is 24.1. The number of anilines is 2. The molecule has 0 aliphatic carbocycles. The minimum Gasteiger partial charge on any atom is -0.490 e. The summed E-state index contributed by atoms with van der Waals surface area (Å²) in [5.41, 5.74) is 11.5. The van der Waals surface area contributed by atoms with Gasteiger partial charge in [0.1, 0.15) is 23.0 Å². The zero-order valence-electron chi connectivity index (χ0n) is 41.9. The van der Waals surface area contributed by atoms with Gasteiger partial charge in [-0.25, -0.2) is 19.6 Å². The van der Waals surface area contributed by atoms with Crippen molar-refractivity contribution in [2.24, 2.45) is 0 Å². The molecule has 0 saturated carbocycles. The van der Waals surface area contributed by atoms with Crippen molar-refractivity contribution in [3.63, 3.8) is 0 Å². The van der Waals surface area contributed by atoms with Crippen LogP contribution >= 0.6 is 0 Å². The van der Waals surface area contributed by atoms with Crippen molar-refractivity contribution in [3.05, 3.63) is 105 Å². The van der Waals surface area contributed by atoms with Crippen molar-refractivity contribution in [2.45, 2.75) is 63.9 Å². The third kappa shape index (κ3) is 8.34. The Morgan fingerprint density at radius 3 is 1.30 bits per heavy atom. The number of amidine groups is 2. The first-order valence-electron chi connectivity index (χ1n) is 24.1. The van der Waals surface area contributed by atoms with Gasteiger partial charge in [-0.15, -0.1) is 0 Å². The molecule has 70 heavy (non-hydrogen) atoms. The molecule has 2 unspecified atom stereocenters. The second kappa shape index (κ2) is 20.3. The van der Waals surface area contributed by atoms with Crippen molar-refractivity contribution >= 4 is 28.8 Å². The molecular weight excluding hydrogens is 899 g/mol. The molecule has 0 aromatic heterocycles. The third-order valence-electron chi connectivity index (χ3n) is 14.4. The van der Waals surface area contributed by atoms with E-state index < -0.39 is 34.8 Å². The summed E-state index contributed by atoms with van der Waals surface area (Å²) in [6.45, 7) is 9.49. The topological polar surface area (TPSA) is 187 Å². The predicted molar refractivity (Wildman–Crippen MR) is 268 cm³/mol. The van der Waals surface area contributed by atoms with Crippen LogP contribution in [-0.4, -0.2) is 122 Å². The van der Waals surface area contributed by atoms with Crippen LogP contribution in [0.2, 0.25) is 0 Å². The fourth-order valence-corrected chi connectivity index (χ4v) is 10.8. The second-order valence-electron chi connectivity index (χ2n) is 17.8. The van der Waals surface area contributed by atoms with Gasteiger partial charge in [0, 0.05) is 51.4 Å². The number of ether oxygens (including phenoxy) is 4. The number of fused-ring (bicyclic) bond motifs is 4. The summed E-state index contributed by atoms with van der Waals surface area (Å²) < 4.78 is 56.4. The fourth-order valence-electron chi connectivity index (χ4n) is 10.8. The first kappa shape index (κ1) is 50.3. The van der Waals surface area contributed by atoms with E-state index in [2.05, 4.69) is 32.1 Å². The highest BCUT2D eigenvalue weighted by Gasteiger charge is 2.45. The number of likely N-dealkylation sites (N-methyl/N-ethyl adjacent to an activating group) is 4. The van der Waals surface area contributed by atoms with Crippen LogP contribution in [0.5, 0.6) is 23.0 Å². The average molecular weight is 967 g/mol. The Kier molecular flexibility index (Phi) is 14.6. The number of nitrogens with zero attached hydrogens (tertiary/aromatic N) is 4. The van der Waals surface area contributed by atoms with Crippen LogP contribution < -0.4 is 61.1 Å². The molecular formula is C51H68F2N12O5. The number of hydrogen-bond acceptors (Lipinski definition) is 15. The number of carbonyl (C=O) groups excluding carboxylic acids is 1. The minimum absolute atomic E-state index is 0.00797. The molecule has 4 aromatic carbocycles. The van der Waals surface area contributed by atoms with Gasteiger partial charge in [0.25, 0.3) is 0 Å². The van der Waals surface area contributed by atoms with Crippen molar-refractivity contribution in [1.82, 2.24) is 41.9 Å². The van der Waals surface area contributed by atoms with Crippen LogP contribution in [0.1, 0.15) is 84.0 Å². The lowest BCUT2D eigenvalue weighted by Crippen LogP contribution is -2.55. The summed E-state index contributed by atoms with van der Waals surface area (Å²) in [6, 6.07) is 15.4. The maximum absolute atomic E-state index is 16.6. The van der Waals surface area contributed by atoms with E-state index in [1.54, 1.807) is 35.8 Å². The smallest absolute Gasteiger partial charge is 0.197 e. The molecule has 4 aromatic rings. The number of ketones is 1. The number of nitrogens with one attached hydrogen (secondary N) is 8. The van der Waals surface area contributed by atoms with Crippen LogP contribution in [0.25, 0.3) is 0 Å². The minimum atomic E-state index is -0.911. The Morgan fingerprint density at radius 1 is 0.600 bits per heavy atom. The Labute approximate surface area is 409 Å². The average Bonchev–Trinajstić information content (AvgIpc) is 4.08. The van der Waals surface area contributed by atoms with Gasteiger partial charge in [0.05, 0.1) is 73.9 Å². The molecule has 0 amide bonds. The monoisotopic (exact) mass is 967 g/mol. The SMILES string of the molecule is CCOc1cc2c(c(F)c1OCC)C(=N)N(CC(C(=O)C(CN1Cc3cc(OCC)c(OCC)c(F)c3C1=N)c1ccc3c(c1)C(NC)(NC)CN3NC)c1ccc3c(c1)C(NC)(NC)CN3NC)C2. The largest absolute Gasteiger partial charge is 0.490 e. The van der Waals surface area contributed by atoms with E-state index in [1.165, 1.54) is 0 Å². The molecule has 0 radical (unpaired) electrons. The summed E-state index contributed by atoms with van der Waals surface area (Å²) in [5.74, 6) is -3.13. The molecule has 19 heteroatoms. The molecule has 0 fully saturated rings. The van der Waals surface area contributed by atoms with E-state index in [1.807, 2.05) is 103 Å². The summed E-state index contributed by atoms with van der Waals surface area (Å²) in [6.07, 6.45) is 0. The summed E-state index contributed by atoms with van der Waals surface area (Å²) in [5, 5.41) is 37.0. The predicted octanol–water partition coefficient (Wildman–Crippen LogP) is 4.77. The number of halogens is 2. The van der Waals surface area contributed by atoms with Gasteiger partial charge in [-0.2, -0.15) is 0 Å². The molecule has 0 spiro atoms. The van der Waals surface area contributed by atoms with Crippen LogP contribution in [-0.2, 0) is 29.2 Å². The van der Waals surface area contributed by atoms with Gasteiger partial charge in [0.2, 0.25) is 0 Å². The Bertz CT molecular complexity index is 2480. The molecule has 4 aliphatic heterocycles. The van der Waals surface area contributed by atoms with E-state index in [-0.39, 0.29) is 104 Å². The van der Waals surface area contributed by atoms with Gasteiger partial charge in [0.15, 0.2) is 40.4 Å². The van der Waals surface area contributed by atoms with Crippen LogP contribution in [0.3, 0.4) is 0 Å². The maximum Gasteiger partial charge on any atom is 0.197 e. The standard InChI is InChI=1S/C51H68F2N12O5/c1-11-67-39-21-31-23-62(48(54)41(31)43(52)46(39)69-13-3)25-33(29-15-17-37-35(19-29)50(56-5,57-6)27-64(37)60-9)45(66)34(30-16-18-38-36(20-30)51(58-7,59-8)28-65(38)61-10)26-63-24-32-22-40(68-12-2)47(70-14-4)44(53)42(32)49(63)55/h15-22,33-34,54-61H,11-14,23-28H2,1-10H3. The molecule has 4 heterocycles. The second-order valence-corrected chi connectivity index (χ2v) is 17.8. The highest BCUT2D eigenvalue weighted by molar-refractivity contribution is 6.03. The van der Waals surface area contributed by atoms with Crippen molar-refractivity contribution in [2.75, 3.05) is 105 Å². The number of hydrogen-bond donors (Lipinski definition) is 8. The quantitative estimate of drug-likeness (QED) is 0.0504. The highest BCUT2D eigenvalue weighted by atomic mass is 19.1. The van der Waals surface area contributed by atoms with Crippen molar-refractivity contribution in [3.8, 4) is 23.0 Å². The summed E-state index contributed by atoms with van der Waals surface area (Å²) in [4.78, 5) is 19.9. The number of rotatable bonds is 22. The lowest BCUT2D eigenvalue weighted by Gasteiger charge is -2.33. The summed E-state index contributed by atoms with van der Waals surface area (Å²) in [7, 11) is 11.3. The third-order valence-corrected chi connectivity index (χ3v) is 14.4. The summed E-state index contributed by atoms with van der Waals surface area (Å²) >= 11 is 0.